The summed E-state index contributed by atoms with van der Waals surface area (Å²) in [5, 5.41) is 8.63. The van der Waals surface area contributed by atoms with E-state index in [9.17, 15) is 13.2 Å². The van der Waals surface area contributed by atoms with Crippen LogP contribution in [0.3, 0.4) is 0 Å². The number of nitrogens with zero attached hydrogens (tertiary/aromatic N) is 3. The van der Waals surface area contributed by atoms with Gasteiger partial charge in [-0.2, -0.15) is 9.57 Å². The van der Waals surface area contributed by atoms with Crippen LogP contribution >= 0.6 is 0 Å². The van der Waals surface area contributed by atoms with Crippen molar-refractivity contribution < 1.29 is 22.7 Å². The van der Waals surface area contributed by atoms with Gasteiger partial charge in [-0.25, -0.2) is 13.2 Å². The number of hydrogen-bond donors (Lipinski definition) is 0. The molecule has 1 aromatic rings. The highest BCUT2D eigenvalue weighted by molar-refractivity contribution is 7.89. The molecule has 29 heavy (non-hydrogen) atoms. The molecule has 9 heteroatoms. The molecule has 0 bridgehead atoms. The van der Waals surface area contributed by atoms with Gasteiger partial charge in [0.05, 0.1) is 42.0 Å². The van der Waals surface area contributed by atoms with E-state index in [-0.39, 0.29) is 17.1 Å². The highest BCUT2D eigenvalue weighted by Gasteiger charge is 2.29. The van der Waals surface area contributed by atoms with Crippen LogP contribution in [0.5, 0.6) is 0 Å². The molecule has 1 aromatic carbocycles. The van der Waals surface area contributed by atoms with Crippen LogP contribution in [0.2, 0.25) is 0 Å². The number of carbonyl (C=O) groups is 1. The van der Waals surface area contributed by atoms with E-state index < -0.39 is 16.0 Å². The summed E-state index contributed by atoms with van der Waals surface area (Å²) < 4.78 is 38.3. The summed E-state index contributed by atoms with van der Waals surface area (Å²) in [6, 6.07) is 6.70. The third-order valence-corrected chi connectivity index (χ3v) is 7.05. The Balaban J connectivity index is 1.89. The van der Waals surface area contributed by atoms with Crippen LogP contribution in [-0.4, -0.2) is 64.7 Å². The van der Waals surface area contributed by atoms with E-state index in [1.54, 1.807) is 12.1 Å². The molecular weight excluding hydrogens is 394 g/mol. The van der Waals surface area contributed by atoms with Crippen molar-refractivity contribution in [3.05, 3.63) is 23.8 Å². The van der Waals surface area contributed by atoms with Crippen molar-refractivity contribution >= 4 is 21.7 Å². The second-order valence-electron chi connectivity index (χ2n) is 7.14. The lowest BCUT2D eigenvalue weighted by Gasteiger charge is -2.31. The van der Waals surface area contributed by atoms with Gasteiger partial charge >= 0.3 is 5.97 Å². The number of rotatable bonds is 7. The normalized spacial score (nSPS) is 18.2. The summed E-state index contributed by atoms with van der Waals surface area (Å²) >= 11 is 0. The standard InChI is InChI=1S/C20H27N3O5S/c21-8-2-5-13-28-20(24)18-16-17(29(25,26)23-9-3-1-4-10-23)6-7-19(18)22-11-14-27-15-12-22/h6-7,16H,1-5,9-15H2. The second-order valence-corrected chi connectivity index (χ2v) is 9.08. The Labute approximate surface area is 172 Å². The highest BCUT2D eigenvalue weighted by atomic mass is 32.2. The fraction of sp³-hybridized carbons (Fsp3) is 0.600. The van der Waals surface area contributed by atoms with E-state index in [0.717, 1.165) is 19.3 Å². The van der Waals surface area contributed by atoms with E-state index in [1.165, 1.54) is 10.4 Å². The van der Waals surface area contributed by atoms with E-state index >= 15 is 0 Å². The van der Waals surface area contributed by atoms with Gasteiger partial charge in [0.1, 0.15) is 0 Å². The molecule has 158 valence electrons. The monoisotopic (exact) mass is 421 g/mol. The van der Waals surface area contributed by atoms with E-state index in [0.29, 0.717) is 57.9 Å². The van der Waals surface area contributed by atoms with Crippen LogP contribution in [0.1, 0.15) is 42.5 Å². The Hall–Kier alpha value is -2.15. The molecule has 0 saturated carbocycles. The molecule has 0 spiro atoms. The van der Waals surface area contributed by atoms with Crippen molar-refractivity contribution in [2.75, 3.05) is 50.9 Å². The average molecular weight is 422 g/mol. The van der Waals surface area contributed by atoms with Crippen molar-refractivity contribution in [3.63, 3.8) is 0 Å². The lowest BCUT2D eigenvalue weighted by molar-refractivity contribution is 0.0501. The van der Waals surface area contributed by atoms with E-state index in [1.807, 2.05) is 11.0 Å². The maximum absolute atomic E-state index is 13.1. The summed E-state index contributed by atoms with van der Waals surface area (Å²) in [4.78, 5) is 14.9. The number of esters is 1. The Morgan fingerprint density at radius 3 is 2.55 bits per heavy atom. The minimum absolute atomic E-state index is 0.111. The fourth-order valence-corrected chi connectivity index (χ4v) is 5.11. The molecule has 2 fully saturated rings. The largest absolute Gasteiger partial charge is 0.462 e. The molecule has 2 saturated heterocycles. The van der Waals surface area contributed by atoms with Crippen LogP contribution in [0.15, 0.2) is 23.1 Å². The Morgan fingerprint density at radius 2 is 1.86 bits per heavy atom. The number of benzene rings is 1. The van der Waals surface area contributed by atoms with E-state index in [4.69, 9.17) is 14.7 Å². The smallest absolute Gasteiger partial charge is 0.340 e. The molecule has 3 rings (SSSR count). The molecule has 0 radical (unpaired) electrons. The van der Waals surface area contributed by atoms with Crippen molar-refractivity contribution in [1.29, 1.82) is 5.26 Å². The van der Waals surface area contributed by atoms with Gasteiger partial charge in [0.2, 0.25) is 10.0 Å². The molecule has 2 aliphatic rings. The average Bonchev–Trinajstić information content (AvgIpc) is 2.77. The zero-order valence-electron chi connectivity index (χ0n) is 16.5. The summed E-state index contributed by atoms with van der Waals surface area (Å²) in [6.07, 6.45) is 3.47. The third-order valence-electron chi connectivity index (χ3n) is 5.16. The van der Waals surface area contributed by atoms with Gasteiger partial charge in [-0.1, -0.05) is 6.42 Å². The van der Waals surface area contributed by atoms with Crippen LogP contribution in [0.4, 0.5) is 5.69 Å². The first-order valence-electron chi connectivity index (χ1n) is 10.0. The number of ether oxygens (including phenoxy) is 2. The number of morpholine rings is 1. The molecule has 0 aliphatic carbocycles. The maximum Gasteiger partial charge on any atom is 0.340 e. The number of nitriles is 1. The number of unbranched alkanes of at least 4 members (excludes halogenated alkanes) is 1. The maximum atomic E-state index is 13.1. The topological polar surface area (TPSA) is 99.9 Å². The van der Waals surface area contributed by atoms with Crippen LogP contribution in [0.25, 0.3) is 0 Å². The number of carbonyl (C=O) groups excluding carboxylic acids is 1. The summed E-state index contributed by atoms with van der Waals surface area (Å²) in [5.74, 6) is -0.569. The van der Waals surface area contributed by atoms with Gasteiger partial charge in [-0.3, -0.25) is 0 Å². The quantitative estimate of drug-likeness (QED) is 0.491. The highest BCUT2D eigenvalue weighted by Crippen LogP contribution is 2.28. The minimum Gasteiger partial charge on any atom is -0.462 e. The summed E-state index contributed by atoms with van der Waals surface area (Å²) in [6.45, 7) is 3.45. The molecule has 2 heterocycles. The van der Waals surface area contributed by atoms with Gasteiger partial charge in [-0.05, 0) is 37.5 Å². The number of sulfonamides is 1. The SMILES string of the molecule is N#CCCCOC(=O)c1cc(S(=O)(=O)N2CCCCC2)ccc1N1CCOCC1. The molecule has 2 aliphatic heterocycles. The first kappa shape index (κ1) is 21.6. The van der Waals surface area contributed by atoms with Crippen molar-refractivity contribution in [2.45, 2.75) is 37.0 Å². The van der Waals surface area contributed by atoms with Crippen LogP contribution < -0.4 is 4.90 Å². The Morgan fingerprint density at radius 1 is 1.14 bits per heavy atom. The molecule has 0 atom stereocenters. The minimum atomic E-state index is -3.66. The second kappa shape index (κ2) is 10.1. The summed E-state index contributed by atoms with van der Waals surface area (Å²) in [7, 11) is -3.66. The number of anilines is 1. The zero-order chi connectivity index (χ0) is 20.7. The molecule has 0 amide bonds. The lowest BCUT2D eigenvalue weighted by Crippen LogP contribution is -2.38. The molecular formula is C20H27N3O5S. The molecule has 0 N–H and O–H groups in total. The van der Waals surface area contributed by atoms with Crippen molar-refractivity contribution in [1.82, 2.24) is 4.31 Å². The number of hydrogen-bond acceptors (Lipinski definition) is 7. The first-order chi connectivity index (χ1) is 14.0. The predicted octanol–water partition coefficient (Wildman–Crippen LogP) is 2.16. The molecule has 0 aromatic heterocycles. The third kappa shape index (κ3) is 5.26. The number of piperidine rings is 1. The fourth-order valence-electron chi connectivity index (χ4n) is 3.57. The van der Waals surface area contributed by atoms with Crippen molar-refractivity contribution in [2.24, 2.45) is 0 Å². The first-order valence-corrected chi connectivity index (χ1v) is 11.5. The van der Waals surface area contributed by atoms with Crippen molar-refractivity contribution in [3.8, 4) is 6.07 Å². The molecule has 0 unspecified atom stereocenters. The van der Waals surface area contributed by atoms with Gasteiger partial charge in [-0.15, -0.1) is 0 Å². The van der Waals surface area contributed by atoms with E-state index in [2.05, 4.69) is 0 Å². The predicted molar refractivity (Wildman–Crippen MR) is 107 cm³/mol. The van der Waals surface area contributed by atoms with Gasteiger partial charge in [0.25, 0.3) is 0 Å². The van der Waals surface area contributed by atoms with Gasteiger partial charge in [0.15, 0.2) is 0 Å². The van der Waals surface area contributed by atoms with Crippen LogP contribution in [0, 0.1) is 11.3 Å². The summed E-state index contributed by atoms with van der Waals surface area (Å²) in [5.41, 5.74) is 0.887. The molecule has 8 nitrogen and oxygen atoms in total. The lowest BCUT2D eigenvalue weighted by atomic mass is 10.1. The van der Waals surface area contributed by atoms with Crippen LogP contribution in [-0.2, 0) is 19.5 Å². The van der Waals surface area contributed by atoms with Gasteiger partial charge in [0, 0.05) is 32.6 Å². The van der Waals surface area contributed by atoms with Gasteiger partial charge < -0.3 is 14.4 Å². The zero-order valence-corrected chi connectivity index (χ0v) is 17.3. The Kier molecular flexibility index (Phi) is 7.47. The Bertz CT molecular complexity index is 853.